The quantitative estimate of drug-likeness (QED) is 0.904. The molecular formula is C10H10BrN3O. The van der Waals surface area contributed by atoms with Crippen LogP contribution in [-0.4, -0.2) is 19.9 Å². The van der Waals surface area contributed by atoms with Gasteiger partial charge in [0, 0.05) is 11.9 Å². The topological polar surface area (TPSA) is 50.9 Å². The van der Waals surface area contributed by atoms with E-state index in [4.69, 9.17) is 5.11 Å². The third-order valence-corrected chi connectivity index (χ3v) is 2.55. The Morgan fingerprint density at radius 2 is 2.27 bits per heavy atom. The van der Waals surface area contributed by atoms with E-state index < -0.39 is 0 Å². The highest BCUT2D eigenvalue weighted by molar-refractivity contribution is 9.10. The van der Waals surface area contributed by atoms with Gasteiger partial charge in [0.25, 0.3) is 0 Å². The van der Waals surface area contributed by atoms with E-state index in [0.717, 1.165) is 21.5 Å². The Balaban J connectivity index is 2.42. The van der Waals surface area contributed by atoms with E-state index in [-0.39, 0.29) is 6.61 Å². The van der Waals surface area contributed by atoms with Crippen molar-refractivity contribution in [3.8, 4) is 5.82 Å². The first-order valence-electron chi connectivity index (χ1n) is 4.48. The molecule has 2 aromatic heterocycles. The molecule has 4 nitrogen and oxygen atoms in total. The second-order valence-electron chi connectivity index (χ2n) is 3.18. The average molecular weight is 268 g/mol. The molecule has 0 atom stereocenters. The predicted molar refractivity (Wildman–Crippen MR) is 59.7 cm³/mol. The summed E-state index contributed by atoms with van der Waals surface area (Å²) in [6.45, 7) is 1.88. The van der Waals surface area contributed by atoms with E-state index in [1.54, 1.807) is 10.9 Å². The van der Waals surface area contributed by atoms with Crippen molar-refractivity contribution in [3.63, 3.8) is 0 Å². The summed E-state index contributed by atoms with van der Waals surface area (Å²) in [4.78, 5) is 4.35. The summed E-state index contributed by atoms with van der Waals surface area (Å²) in [6.07, 6.45) is 3.54. The number of aryl methyl sites for hydroxylation is 1. The van der Waals surface area contributed by atoms with Crippen molar-refractivity contribution < 1.29 is 5.11 Å². The maximum Gasteiger partial charge on any atom is 0.153 e. The minimum atomic E-state index is 0.0158. The average Bonchev–Trinajstić information content (AvgIpc) is 2.65. The van der Waals surface area contributed by atoms with Crippen molar-refractivity contribution in [2.24, 2.45) is 0 Å². The number of nitrogens with zero attached hydrogens (tertiary/aromatic N) is 3. The molecule has 2 rings (SSSR count). The summed E-state index contributed by atoms with van der Waals surface area (Å²) in [5.74, 6) is 0.746. The van der Waals surface area contributed by atoms with Crippen molar-refractivity contribution in [1.82, 2.24) is 14.8 Å². The van der Waals surface area contributed by atoms with Crippen LogP contribution in [0.15, 0.2) is 29.0 Å². The highest BCUT2D eigenvalue weighted by atomic mass is 79.9. The van der Waals surface area contributed by atoms with Gasteiger partial charge in [-0.2, -0.15) is 5.10 Å². The molecule has 0 aliphatic carbocycles. The lowest BCUT2D eigenvalue weighted by molar-refractivity contribution is 0.280. The zero-order valence-electron chi connectivity index (χ0n) is 8.18. The minimum absolute atomic E-state index is 0.0158. The van der Waals surface area contributed by atoms with Gasteiger partial charge in [-0.15, -0.1) is 0 Å². The Kier molecular flexibility index (Phi) is 2.83. The number of hydrogen-bond donors (Lipinski definition) is 1. The molecule has 0 aliphatic rings. The van der Waals surface area contributed by atoms with Crippen molar-refractivity contribution in [2.75, 3.05) is 0 Å². The van der Waals surface area contributed by atoms with E-state index in [1.807, 2.05) is 25.3 Å². The minimum Gasteiger partial charge on any atom is -0.392 e. The number of pyridine rings is 1. The maximum absolute atomic E-state index is 9.01. The Bertz CT molecular complexity index is 481. The Hall–Kier alpha value is -1.20. The second-order valence-corrected chi connectivity index (χ2v) is 4.09. The predicted octanol–water partition coefficient (Wildman–Crippen LogP) is 1.83. The van der Waals surface area contributed by atoms with Gasteiger partial charge in [0.2, 0.25) is 0 Å². The highest BCUT2D eigenvalue weighted by Crippen LogP contribution is 2.13. The van der Waals surface area contributed by atoms with Crippen LogP contribution in [-0.2, 0) is 6.61 Å². The molecule has 0 spiro atoms. The number of hydrogen-bond acceptors (Lipinski definition) is 3. The van der Waals surface area contributed by atoms with E-state index >= 15 is 0 Å². The normalized spacial score (nSPS) is 10.6. The van der Waals surface area contributed by atoms with Crippen LogP contribution in [0, 0.1) is 6.92 Å². The van der Waals surface area contributed by atoms with Gasteiger partial charge in [-0.25, -0.2) is 9.67 Å². The Labute approximate surface area is 95.7 Å². The smallest absolute Gasteiger partial charge is 0.153 e. The van der Waals surface area contributed by atoms with Gasteiger partial charge < -0.3 is 5.11 Å². The zero-order valence-corrected chi connectivity index (χ0v) is 9.77. The molecule has 0 aromatic carbocycles. The Morgan fingerprint density at radius 3 is 2.80 bits per heavy atom. The molecule has 0 fully saturated rings. The molecular weight excluding hydrogens is 258 g/mol. The molecule has 0 radical (unpaired) electrons. The molecule has 5 heteroatoms. The third kappa shape index (κ3) is 2.08. The van der Waals surface area contributed by atoms with Crippen LogP contribution in [0.1, 0.15) is 11.3 Å². The van der Waals surface area contributed by atoms with E-state index in [2.05, 4.69) is 26.0 Å². The summed E-state index contributed by atoms with van der Waals surface area (Å²) >= 11 is 3.32. The summed E-state index contributed by atoms with van der Waals surface area (Å²) in [5, 5.41) is 13.1. The SMILES string of the molecule is Cc1nc(-n2cc(Br)cn2)ccc1CO. The number of halogens is 1. The molecule has 2 heterocycles. The van der Waals surface area contributed by atoms with Gasteiger partial charge in [-0.1, -0.05) is 6.07 Å². The first-order chi connectivity index (χ1) is 7.20. The fourth-order valence-corrected chi connectivity index (χ4v) is 1.58. The second kappa shape index (κ2) is 4.12. The Morgan fingerprint density at radius 1 is 1.47 bits per heavy atom. The summed E-state index contributed by atoms with van der Waals surface area (Å²) in [6, 6.07) is 3.69. The molecule has 0 unspecified atom stereocenters. The van der Waals surface area contributed by atoms with Gasteiger partial charge in [0.1, 0.15) is 0 Å². The molecule has 0 bridgehead atoms. The van der Waals surface area contributed by atoms with Crippen LogP contribution in [0.4, 0.5) is 0 Å². The van der Waals surface area contributed by atoms with E-state index in [0.29, 0.717) is 0 Å². The molecule has 0 saturated carbocycles. The summed E-state index contributed by atoms with van der Waals surface area (Å²) in [7, 11) is 0. The van der Waals surface area contributed by atoms with Crippen LogP contribution in [0.2, 0.25) is 0 Å². The fraction of sp³-hybridized carbons (Fsp3) is 0.200. The maximum atomic E-state index is 9.01. The van der Waals surface area contributed by atoms with E-state index in [1.165, 1.54) is 0 Å². The molecule has 2 aromatic rings. The lowest BCUT2D eigenvalue weighted by atomic mass is 10.2. The van der Waals surface area contributed by atoms with Crippen molar-refractivity contribution in [1.29, 1.82) is 0 Å². The summed E-state index contributed by atoms with van der Waals surface area (Å²) in [5.41, 5.74) is 1.66. The van der Waals surface area contributed by atoms with Gasteiger partial charge in [-0.3, -0.25) is 0 Å². The molecule has 1 N–H and O–H groups in total. The summed E-state index contributed by atoms with van der Waals surface area (Å²) < 4.78 is 2.59. The van der Waals surface area contributed by atoms with Crippen LogP contribution in [0.3, 0.4) is 0 Å². The van der Waals surface area contributed by atoms with Crippen LogP contribution in [0.25, 0.3) is 5.82 Å². The van der Waals surface area contributed by atoms with Crippen LogP contribution < -0.4 is 0 Å². The van der Waals surface area contributed by atoms with E-state index in [9.17, 15) is 0 Å². The van der Waals surface area contributed by atoms with Gasteiger partial charge in [-0.05, 0) is 34.5 Å². The van der Waals surface area contributed by atoms with Crippen molar-refractivity contribution in [2.45, 2.75) is 13.5 Å². The van der Waals surface area contributed by atoms with Crippen LogP contribution >= 0.6 is 15.9 Å². The standard InChI is InChI=1S/C10H10BrN3O/c1-7-8(6-15)2-3-10(13-7)14-5-9(11)4-12-14/h2-5,15H,6H2,1H3. The van der Waals surface area contributed by atoms with Gasteiger partial charge >= 0.3 is 0 Å². The zero-order chi connectivity index (χ0) is 10.8. The number of aromatic nitrogens is 3. The lowest BCUT2D eigenvalue weighted by Gasteiger charge is -2.04. The molecule has 15 heavy (non-hydrogen) atoms. The highest BCUT2D eigenvalue weighted by Gasteiger charge is 2.03. The van der Waals surface area contributed by atoms with Crippen molar-refractivity contribution in [3.05, 3.63) is 40.3 Å². The largest absolute Gasteiger partial charge is 0.392 e. The molecule has 0 saturated heterocycles. The van der Waals surface area contributed by atoms with Gasteiger partial charge in [0.05, 0.1) is 17.3 Å². The molecule has 0 aliphatic heterocycles. The first kappa shape index (κ1) is 10.3. The third-order valence-electron chi connectivity index (χ3n) is 2.14. The molecule has 0 amide bonds. The number of aliphatic hydroxyl groups is 1. The lowest BCUT2D eigenvalue weighted by Crippen LogP contribution is -2.01. The molecule has 78 valence electrons. The monoisotopic (exact) mass is 267 g/mol. The first-order valence-corrected chi connectivity index (χ1v) is 5.28. The number of rotatable bonds is 2. The fourth-order valence-electron chi connectivity index (χ4n) is 1.30. The van der Waals surface area contributed by atoms with Gasteiger partial charge in [0.15, 0.2) is 5.82 Å². The number of aliphatic hydroxyl groups excluding tert-OH is 1. The van der Waals surface area contributed by atoms with Crippen molar-refractivity contribution >= 4 is 15.9 Å². The van der Waals surface area contributed by atoms with Crippen LogP contribution in [0.5, 0.6) is 0 Å².